The summed E-state index contributed by atoms with van der Waals surface area (Å²) in [6, 6.07) is 14.7. The number of benzene rings is 2. The number of carbonyl (C=O) groups excluding carboxylic acids is 3. The van der Waals surface area contributed by atoms with E-state index in [0.29, 0.717) is 18.7 Å². The van der Waals surface area contributed by atoms with Crippen molar-refractivity contribution < 1.29 is 14.4 Å². The molecule has 0 aromatic heterocycles. The number of nitrogens with zero attached hydrogens (tertiary/aromatic N) is 2. The first-order chi connectivity index (χ1) is 13.4. The average Bonchev–Trinajstić information content (AvgIpc) is 2.91. The van der Waals surface area contributed by atoms with Gasteiger partial charge in [-0.2, -0.15) is 0 Å². The summed E-state index contributed by atoms with van der Waals surface area (Å²) >= 11 is 3.39. The van der Waals surface area contributed by atoms with Crippen LogP contribution in [0.2, 0.25) is 0 Å². The normalized spacial score (nSPS) is 21.5. The second-order valence-electron chi connectivity index (χ2n) is 7.29. The van der Waals surface area contributed by atoms with Gasteiger partial charge in [0.15, 0.2) is 0 Å². The summed E-state index contributed by atoms with van der Waals surface area (Å²) < 4.78 is 0.815. The zero-order valence-corrected chi connectivity index (χ0v) is 17.0. The summed E-state index contributed by atoms with van der Waals surface area (Å²) in [6.45, 7) is 2.50. The first kappa shape index (κ1) is 18.7. The summed E-state index contributed by atoms with van der Waals surface area (Å²) in [6.07, 6.45) is 0.776. The third-order valence-electron chi connectivity index (χ3n) is 5.45. The van der Waals surface area contributed by atoms with E-state index in [1.165, 1.54) is 5.56 Å². The van der Waals surface area contributed by atoms with Crippen molar-refractivity contribution in [1.82, 2.24) is 15.1 Å². The minimum absolute atomic E-state index is 0.225. The minimum atomic E-state index is -1.18. The first-order valence-corrected chi connectivity index (χ1v) is 9.92. The molecule has 28 heavy (non-hydrogen) atoms. The molecule has 0 spiro atoms. The zero-order chi connectivity index (χ0) is 19.9. The SMILES string of the molecule is CC1(c2cccc(Br)c2)NC(=O)N(CC(=O)N2CCc3ccccc3C2)C1=O. The Bertz CT molecular complexity index is 977. The van der Waals surface area contributed by atoms with Crippen LogP contribution in [0.25, 0.3) is 0 Å². The molecule has 0 saturated carbocycles. The number of hydrogen-bond acceptors (Lipinski definition) is 3. The van der Waals surface area contributed by atoms with Crippen LogP contribution in [0.1, 0.15) is 23.6 Å². The number of imide groups is 1. The zero-order valence-electron chi connectivity index (χ0n) is 15.4. The smallest absolute Gasteiger partial charge is 0.325 e. The highest BCUT2D eigenvalue weighted by atomic mass is 79.9. The van der Waals surface area contributed by atoms with Crippen LogP contribution in [-0.4, -0.2) is 40.7 Å². The Kier molecular flexibility index (Phi) is 4.71. The van der Waals surface area contributed by atoms with Gasteiger partial charge >= 0.3 is 6.03 Å². The number of hydrogen-bond donors (Lipinski definition) is 1. The summed E-state index contributed by atoms with van der Waals surface area (Å²) in [5.41, 5.74) is 1.83. The fourth-order valence-corrected chi connectivity index (χ4v) is 4.18. The lowest BCUT2D eigenvalue weighted by Gasteiger charge is -2.30. The summed E-state index contributed by atoms with van der Waals surface area (Å²) in [5, 5.41) is 2.74. The molecule has 7 heteroatoms. The Hall–Kier alpha value is -2.67. The van der Waals surface area contributed by atoms with Gasteiger partial charge in [-0.25, -0.2) is 4.79 Å². The highest BCUT2D eigenvalue weighted by Gasteiger charge is 2.49. The van der Waals surface area contributed by atoms with Crippen LogP contribution in [0.15, 0.2) is 53.0 Å². The van der Waals surface area contributed by atoms with E-state index in [4.69, 9.17) is 0 Å². The molecule has 1 fully saturated rings. The molecule has 2 aromatic rings. The third-order valence-corrected chi connectivity index (χ3v) is 5.95. The van der Waals surface area contributed by atoms with Gasteiger partial charge in [0, 0.05) is 17.6 Å². The van der Waals surface area contributed by atoms with Crippen LogP contribution in [0.3, 0.4) is 0 Å². The molecular formula is C21H20BrN3O3. The van der Waals surface area contributed by atoms with Crippen molar-refractivity contribution in [2.45, 2.75) is 25.4 Å². The average molecular weight is 442 g/mol. The van der Waals surface area contributed by atoms with E-state index < -0.39 is 17.5 Å². The molecule has 1 atom stereocenters. The van der Waals surface area contributed by atoms with Gasteiger partial charge in [-0.1, -0.05) is 52.3 Å². The van der Waals surface area contributed by atoms with Crippen molar-refractivity contribution in [3.05, 3.63) is 69.7 Å². The largest absolute Gasteiger partial charge is 0.336 e. The van der Waals surface area contributed by atoms with E-state index in [1.807, 2.05) is 30.3 Å². The molecule has 0 aliphatic carbocycles. The Morgan fingerprint density at radius 3 is 2.64 bits per heavy atom. The van der Waals surface area contributed by atoms with Gasteiger partial charge in [0.05, 0.1) is 0 Å². The molecule has 0 bridgehead atoms. The molecule has 2 aromatic carbocycles. The number of nitrogens with one attached hydrogen (secondary N) is 1. The number of fused-ring (bicyclic) bond motifs is 1. The van der Waals surface area contributed by atoms with Gasteiger partial charge in [-0.15, -0.1) is 0 Å². The fraction of sp³-hybridized carbons (Fsp3) is 0.286. The van der Waals surface area contributed by atoms with E-state index in [0.717, 1.165) is 21.4 Å². The van der Waals surface area contributed by atoms with Crippen molar-refractivity contribution in [3.8, 4) is 0 Å². The summed E-state index contributed by atoms with van der Waals surface area (Å²) in [5.74, 6) is -0.641. The van der Waals surface area contributed by atoms with Crippen LogP contribution in [0.5, 0.6) is 0 Å². The van der Waals surface area contributed by atoms with Crippen LogP contribution >= 0.6 is 15.9 Å². The molecule has 4 rings (SSSR count). The Morgan fingerprint density at radius 2 is 1.89 bits per heavy atom. The van der Waals surface area contributed by atoms with Gasteiger partial charge in [-0.05, 0) is 42.2 Å². The van der Waals surface area contributed by atoms with E-state index >= 15 is 0 Å². The molecule has 2 heterocycles. The fourth-order valence-electron chi connectivity index (χ4n) is 3.78. The van der Waals surface area contributed by atoms with Gasteiger partial charge in [0.1, 0.15) is 12.1 Å². The monoisotopic (exact) mass is 441 g/mol. The quantitative estimate of drug-likeness (QED) is 0.744. The van der Waals surface area contributed by atoms with E-state index in [2.05, 4.69) is 27.3 Å². The standard InChI is InChI=1S/C21H20BrN3O3/c1-21(16-7-4-8-17(22)11-16)19(27)25(20(28)23-21)13-18(26)24-10-9-14-5-2-3-6-15(14)12-24/h2-8,11H,9-10,12-13H2,1H3,(H,23,28). The third kappa shape index (κ3) is 3.20. The second-order valence-corrected chi connectivity index (χ2v) is 8.21. The molecule has 1 N–H and O–H groups in total. The number of carbonyl (C=O) groups is 3. The number of halogens is 1. The molecule has 4 amide bonds. The molecule has 0 radical (unpaired) electrons. The van der Waals surface area contributed by atoms with Crippen LogP contribution in [0.4, 0.5) is 4.79 Å². The van der Waals surface area contributed by atoms with Crippen molar-refractivity contribution in [2.24, 2.45) is 0 Å². The Morgan fingerprint density at radius 1 is 1.14 bits per heavy atom. The van der Waals surface area contributed by atoms with Gasteiger partial charge in [0.2, 0.25) is 5.91 Å². The lowest BCUT2D eigenvalue weighted by atomic mass is 9.92. The lowest BCUT2D eigenvalue weighted by molar-refractivity contribution is -0.139. The van der Waals surface area contributed by atoms with Crippen molar-refractivity contribution in [1.29, 1.82) is 0 Å². The Balaban J connectivity index is 1.50. The highest BCUT2D eigenvalue weighted by Crippen LogP contribution is 2.30. The van der Waals surface area contributed by atoms with Gasteiger partial charge < -0.3 is 10.2 Å². The molecule has 1 saturated heterocycles. The Labute approximate surface area is 171 Å². The maximum Gasteiger partial charge on any atom is 0.325 e. The molecule has 1 unspecified atom stereocenters. The van der Waals surface area contributed by atoms with Crippen LogP contribution in [-0.2, 0) is 28.1 Å². The minimum Gasteiger partial charge on any atom is -0.336 e. The molecule has 6 nitrogen and oxygen atoms in total. The van der Waals surface area contributed by atoms with E-state index in [-0.39, 0.29) is 12.5 Å². The lowest BCUT2D eigenvalue weighted by Crippen LogP contribution is -2.45. The molecule has 2 aliphatic heterocycles. The van der Waals surface area contributed by atoms with Crippen molar-refractivity contribution in [3.63, 3.8) is 0 Å². The van der Waals surface area contributed by atoms with Crippen molar-refractivity contribution in [2.75, 3.05) is 13.1 Å². The highest BCUT2D eigenvalue weighted by molar-refractivity contribution is 9.10. The first-order valence-electron chi connectivity index (χ1n) is 9.13. The van der Waals surface area contributed by atoms with Crippen LogP contribution in [0, 0.1) is 0 Å². The second kappa shape index (κ2) is 7.05. The van der Waals surface area contributed by atoms with Crippen LogP contribution < -0.4 is 5.32 Å². The van der Waals surface area contributed by atoms with Crippen molar-refractivity contribution >= 4 is 33.8 Å². The number of amides is 4. The molecule has 144 valence electrons. The molecule has 2 aliphatic rings. The summed E-state index contributed by atoms with van der Waals surface area (Å²) in [4.78, 5) is 41.0. The predicted octanol–water partition coefficient (Wildman–Crippen LogP) is 2.80. The molecular weight excluding hydrogens is 422 g/mol. The number of urea groups is 1. The maximum absolute atomic E-state index is 13.0. The topological polar surface area (TPSA) is 69.7 Å². The number of rotatable bonds is 3. The van der Waals surface area contributed by atoms with Gasteiger partial charge in [-0.3, -0.25) is 14.5 Å². The van der Waals surface area contributed by atoms with Gasteiger partial charge in [0.25, 0.3) is 5.91 Å². The predicted molar refractivity (Wildman–Crippen MR) is 107 cm³/mol. The van der Waals surface area contributed by atoms with E-state index in [9.17, 15) is 14.4 Å². The summed E-state index contributed by atoms with van der Waals surface area (Å²) in [7, 11) is 0. The van der Waals surface area contributed by atoms with E-state index in [1.54, 1.807) is 24.0 Å². The maximum atomic E-state index is 13.0.